The Morgan fingerprint density at radius 1 is 0.837 bits per heavy atom. The first-order valence-corrected chi connectivity index (χ1v) is 17.3. The van der Waals surface area contributed by atoms with Crippen LogP contribution in [0.3, 0.4) is 0 Å². The van der Waals surface area contributed by atoms with Crippen molar-refractivity contribution in [1.29, 1.82) is 0 Å². The van der Waals surface area contributed by atoms with Crippen LogP contribution in [0, 0.1) is 0 Å². The second-order valence-corrected chi connectivity index (χ2v) is 13.9. The molecule has 2 aliphatic heterocycles. The van der Waals surface area contributed by atoms with Gasteiger partial charge in [-0.25, -0.2) is 8.42 Å². The van der Waals surface area contributed by atoms with E-state index < -0.39 is 9.84 Å². The zero-order chi connectivity index (χ0) is 29.9. The average Bonchev–Trinajstić information content (AvgIpc) is 3.02. The van der Waals surface area contributed by atoms with Gasteiger partial charge in [-0.05, 0) is 91.4 Å². The van der Waals surface area contributed by atoms with Crippen molar-refractivity contribution in [3.63, 3.8) is 0 Å². The second-order valence-electron chi connectivity index (χ2n) is 11.8. The number of piperidine rings is 1. The van der Waals surface area contributed by atoms with Crippen molar-refractivity contribution in [2.75, 3.05) is 36.0 Å². The first-order chi connectivity index (χ1) is 20.9. The van der Waals surface area contributed by atoms with Gasteiger partial charge in [0.05, 0.1) is 17.2 Å². The number of aromatic nitrogens is 1. The third kappa shape index (κ3) is 6.72. The lowest BCUT2D eigenvalue weighted by Crippen LogP contribution is -2.49. The number of pyridine rings is 1. The number of ether oxygens (including phenoxy) is 1. The summed E-state index contributed by atoms with van der Waals surface area (Å²) in [6.45, 7) is 8.44. The van der Waals surface area contributed by atoms with Crippen molar-refractivity contribution >= 4 is 21.2 Å². The summed E-state index contributed by atoms with van der Waals surface area (Å²) in [6, 6.07) is 28.7. The van der Waals surface area contributed by atoms with E-state index in [1.54, 1.807) is 18.3 Å². The molecule has 43 heavy (non-hydrogen) atoms. The topological polar surface area (TPSA) is 62.7 Å². The molecule has 1 aromatic heterocycles. The maximum absolute atomic E-state index is 12.7. The molecule has 224 valence electrons. The minimum atomic E-state index is -3.30. The van der Waals surface area contributed by atoms with E-state index in [4.69, 9.17) is 4.74 Å². The molecule has 4 aromatic rings. The van der Waals surface area contributed by atoms with Crippen LogP contribution in [0.15, 0.2) is 91.1 Å². The predicted octanol–water partition coefficient (Wildman–Crippen LogP) is 7.07. The fraction of sp³-hybridized carbons (Fsp3) is 0.361. The largest absolute Gasteiger partial charge is 0.487 e. The van der Waals surface area contributed by atoms with E-state index >= 15 is 0 Å². The van der Waals surface area contributed by atoms with Crippen LogP contribution in [0.1, 0.15) is 49.9 Å². The van der Waals surface area contributed by atoms with Gasteiger partial charge < -0.3 is 14.5 Å². The van der Waals surface area contributed by atoms with Crippen LogP contribution in [0.2, 0.25) is 0 Å². The molecule has 0 radical (unpaired) electrons. The summed E-state index contributed by atoms with van der Waals surface area (Å²) in [4.78, 5) is 9.06. The van der Waals surface area contributed by atoms with Gasteiger partial charge in [0, 0.05) is 56.6 Å². The molecule has 0 aliphatic carbocycles. The summed E-state index contributed by atoms with van der Waals surface area (Å²) in [5.41, 5.74) is 7.32. The summed E-state index contributed by atoms with van der Waals surface area (Å²) >= 11 is 0. The number of fused-ring (bicyclic) bond motifs is 1. The number of aryl methyl sites for hydroxylation is 1. The molecule has 1 fully saturated rings. The third-order valence-electron chi connectivity index (χ3n) is 9.00. The first-order valence-electron chi connectivity index (χ1n) is 15.5. The predicted molar refractivity (Wildman–Crippen MR) is 176 cm³/mol. The zero-order valence-corrected chi connectivity index (χ0v) is 26.0. The zero-order valence-electron chi connectivity index (χ0n) is 25.2. The van der Waals surface area contributed by atoms with E-state index in [9.17, 15) is 8.42 Å². The number of rotatable bonds is 9. The van der Waals surface area contributed by atoms with E-state index in [2.05, 4.69) is 71.1 Å². The maximum atomic E-state index is 12.7. The van der Waals surface area contributed by atoms with Crippen molar-refractivity contribution in [1.82, 2.24) is 4.98 Å². The molecule has 0 atom stereocenters. The molecule has 0 N–H and O–H groups in total. The Labute approximate surface area is 256 Å². The second kappa shape index (κ2) is 12.4. The Bertz CT molecular complexity index is 1640. The Balaban J connectivity index is 1.08. The molecular formula is C36H41N3O3S. The fourth-order valence-electron chi connectivity index (χ4n) is 6.51. The number of hydrogen-bond donors (Lipinski definition) is 0. The van der Waals surface area contributed by atoms with Gasteiger partial charge in [-0.15, -0.1) is 0 Å². The first kappa shape index (κ1) is 29.2. The highest BCUT2D eigenvalue weighted by atomic mass is 32.2. The third-order valence-corrected chi connectivity index (χ3v) is 10.5. The van der Waals surface area contributed by atoms with Gasteiger partial charge in [-0.3, -0.25) is 4.98 Å². The highest BCUT2D eigenvalue weighted by Gasteiger charge is 2.39. The minimum Gasteiger partial charge on any atom is -0.487 e. The van der Waals surface area contributed by atoms with Crippen molar-refractivity contribution in [2.24, 2.45) is 0 Å². The fourth-order valence-corrected chi connectivity index (χ4v) is 7.93. The normalized spacial score (nSPS) is 16.0. The summed E-state index contributed by atoms with van der Waals surface area (Å²) in [5, 5.41) is 0. The van der Waals surface area contributed by atoms with Gasteiger partial charge in [0.2, 0.25) is 0 Å². The van der Waals surface area contributed by atoms with Gasteiger partial charge in [0.25, 0.3) is 0 Å². The van der Waals surface area contributed by atoms with Gasteiger partial charge in [-0.2, -0.15) is 0 Å². The molecule has 0 amide bonds. The van der Waals surface area contributed by atoms with E-state index in [1.165, 1.54) is 16.9 Å². The molecule has 1 spiro atoms. The smallest absolute Gasteiger partial charge is 0.160 e. The molecule has 7 heteroatoms. The summed E-state index contributed by atoms with van der Waals surface area (Å²) in [7, 11) is -3.30. The van der Waals surface area contributed by atoms with Crippen LogP contribution in [0.5, 0.6) is 5.75 Å². The highest BCUT2D eigenvalue weighted by molar-refractivity contribution is 7.89. The Morgan fingerprint density at radius 2 is 1.60 bits per heavy atom. The molecule has 1 saturated heterocycles. The lowest BCUT2D eigenvalue weighted by atomic mass is 9.82. The number of hydrogen-bond acceptors (Lipinski definition) is 6. The van der Waals surface area contributed by atoms with Gasteiger partial charge in [-0.1, -0.05) is 42.5 Å². The lowest BCUT2D eigenvalue weighted by molar-refractivity contribution is 0.0226. The van der Waals surface area contributed by atoms with Crippen molar-refractivity contribution in [2.45, 2.75) is 56.6 Å². The minimum absolute atomic E-state index is 0.00273. The quantitative estimate of drug-likeness (QED) is 0.206. The molecule has 3 aromatic carbocycles. The standard InChI is InChI=1S/C36H41N3O3S/c1-3-38(4-2)33-9-7-10-34(25-33)39-22-19-36(20-23-39)18-17-31-24-30(15-16-35(31)42-36)29-13-11-28(12-14-29)26-43(40,41)27-32-8-5-6-21-37-32/h5-16,21,24-25H,3-4,17-20,22-23,26-27H2,1-2H3. The number of nitrogens with zero attached hydrogens (tertiary/aromatic N) is 3. The maximum Gasteiger partial charge on any atom is 0.160 e. The monoisotopic (exact) mass is 595 g/mol. The molecule has 2 aliphatic rings. The van der Waals surface area contributed by atoms with Gasteiger partial charge in [0.15, 0.2) is 9.84 Å². The van der Waals surface area contributed by atoms with Crippen molar-refractivity contribution in [3.05, 3.63) is 108 Å². The lowest BCUT2D eigenvalue weighted by Gasteiger charge is -2.45. The summed E-state index contributed by atoms with van der Waals surface area (Å²) in [6.07, 6.45) is 5.71. The summed E-state index contributed by atoms with van der Waals surface area (Å²) in [5.74, 6) is 0.955. The van der Waals surface area contributed by atoms with E-state index in [0.29, 0.717) is 5.69 Å². The van der Waals surface area contributed by atoms with Crippen LogP contribution in [-0.4, -0.2) is 45.2 Å². The van der Waals surface area contributed by atoms with E-state index in [1.807, 2.05) is 30.3 Å². The molecular weight excluding hydrogens is 554 g/mol. The van der Waals surface area contributed by atoms with Crippen LogP contribution < -0.4 is 14.5 Å². The molecule has 0 bridgehead atoms. The highest BCUT2D eigenvalue weighted by Crippen LogP contribution is 2.41. The van der Waals surface area contributed by atoms with Crippen LogP contribution >= 0.6 is 0 Å². The van der Waals surface area contributed by atoms with Crippen molar-refractivity contribution in [3.8, 4) is 16.9 Å². The van der Waals surface area contributed by atoms with Crippen LogP contribution in [-0.2, 0) is 27.8 Å². The van der Waals surface area contributed by atoms with E-state index in [-0.39, 0.29) is 17.1 Å². The van der Waals surface area contributed by atoms with Gasteiger partial charge in [0.1, 0.15) is 11.4 Å². The number of benzene rings is 3. The molecule has 0 unspecified atom stereocenters. The van der Waals surface area contributed by atoms with Crippen LogP contribution in [0.4, 0.5) is 11.4 Å². The Kier molecular flexibility index (Phi) is 8.44. The Hall–Kier alpha value is -3.84. The molecule has 3 heterocycles. The SMILES string of the molecule is CCN(CC)c1cccc(N2CCC3(CCc4cc(-c5ccc(CS(=O)(=O)Cc6ccccn6)cc5)ccc4O3)CC2)c1. The van der Waals surface area contributed by atoms with Crippen molar-refractivity contribution < 1.29 is 13.2 Å². The number of sulfone groups is 1. The van der Waals surface area contributed by atoms with Gasteiger partial charge >= 0.3 is 0 Å². The molecule has 6 nitrogen and oxygen atoms in total. The number of anilines is 2. The van der Waals surface area contributed by atoms with E-state index in [0.717, 1.165) is 74.3 Å². The summed E-state index contributed by atoms with van der Waals surface area (Å²) < 4.78 is 32.2. The molecule has 0 saturated carbocycles. The Morgan fingerprint density at radius 3 is 2.33 bits per heavy atom. The average molecular weight is 596 g/mol. The molecule has 6 rings (SSSR count). The van der Waals surface area contributed by atoms with Crippen LogP contribution in [0.25, 0.3) is 11.1 Å².